The predicted molar refractivity (Wildman–Crippen MR) is 88.6 cm³/mol. The van der Waals surface area contributed by atoms with Crippen LogP contribution in [0.4, 0.5) is 5.82 Å². The summed E-state index contributed by atoms with van der Waals surface area (Å²) in [6.45, 7) is 2.24. The molecule has 0 aliphatic heterocycles. The van der Waals surface area contributed by atoms with Crippen molar-refractivity contribution in [3.05, 3.63) is 30.1 Å². The Kier molecular flexibility index (Phi) is 4.69. The Morgan fingerprint density at radius 1 is 1.14 bits per heavy atom. The van der Waals surface area contributed by atoms with E-state index in [9.17, 15) is 0 Å². The molecule has 1 aromatic carbocycles. The SMILES string of the molecule is CCCCc1ccc2ncnc(NC3CCCCC3)c2c1. The summed E-state index contributed by atoms with van der Waals surface area (Å²) in [6.07, 6.45) is 11.9. The molecule has 0 spiro atoms. The van der Waals surface area contributed by atoms with Crippen molar-refractivity contribution in [3.63, 3.8) is 0 Å². The molecule has 1 N–H and O–H groups in total. The Balaban J connectivity index is 1.85. The van der Waals surface area contributed by atoms with Gasteiger partial charge in [-0.05, 0) is 43.4 Å². The lowest BCUT2D eigenvalue weighted by molar-refractivity contribution is 0.462. The van der Waals surface area contributed by atoms with Gasteiger partial charge in [0.25, 0.3) is 0 Å². The van der Waals surface area contributed by atoms with Gasteiger partial charge in [-0.2, -0.15) is 0 Å². The van der Waals surface area contributed by atoms with E-state index in [1.807, 2.05) is 0 Å². The van der Waals surface area contributed by atoms with Crippen LogP contribution in [0.15, 0.2) is 24.5 Å². The molecule has 0 bridgehead atoms. The van der Waals surface area contributed by atoms with Gasteiger partial charge >= 0.3 is 0 Å². The van der Waals surface area contributed by atoms with Gasteiger partial charge in [0.15, 0.2) is 0 Å². The molecule has 3 nitrogen and oxygen atoms in total. The summed E-state index contributed by atoms with van der Waals surface area (Å²) >= 11 is 0. The average molecular weight is 283 g/mol. The van der Waals surface area contributed by atoms with Crippen molar-refractivity contribution in [2.45, 2.75) is 64.3 Å². The van der Waals surface area contributed by atoms with Crippen LogP contribution in [0.5, 0.6) is 0 Å². The first-order chi connectivity index (χ1) is 10.4. The average Bonchev–Trinajstić information content (AvgIpc) is 2.54. The van der Waals surface area contributed by atoms with Crippen LogP contribution in [0.25, 0.3) is 10.9 Å². The molecule has 2 aromatic rings. The van der Waals surface area contributed by atoms with Crippen molar-refractivity contribution in [3.8, 4) is 0 Å². The number of aromatic nitrogens is 2. The zero-order chi connectivity index (χ0) is 14.5. The highest BCUT2D eigenvalue weighted by Gasteiger charge is 2.15. The second-order valence-electron chi connectivity index (χ2n) is 6.16. The highest BCUT2D eigenvalue weighted by Crippen LogP contribution is 2.26. The summed E-state index contributed by atoms with van der Waals surface area (Å²) < 4.78 is 0. The number of hydrogen-bond acceptors (Lipinski definition) is 3. The van der Waals surface area contributed by atoms with E-state index in [1.54, 1.807) is 6.33 Å². The van der Waals surface area contributed by atoms with E-state index in [0.29, 0.717) is 6.04 Å². The lowest BCUT2D eigenvalue weighted by Crippen LogP contribution is -2.23. The molecule has 112 valence electrons. The Hall–Kier alpha value is -1.64. The van der Waals surface area contributed by atoms with Gasteiger partial charge in [-0.1, -0.05) is 38.7 Å². The van der Waals surface area contributed by atoms with Crippen molar-refractivity contribution in [2.24, 2.45) is 0 Å². The van der Waals surface area contributed by atoms with Gasteiger partial charge in [-0.3, -0.25) is 0 Å². The fourth-order valence-electron chi connectivity index (χ4n) is 3.20. The van der Waals surface area contributed by atoms with Crippen molar-refractivity contribution < 1.29 is 0 Å². The highest BCUT2D eigenvalue weighted by atomic mass is 15.0. The van der Waals surface area contributed by atoms with Crippen LogP contribution in [-0.2, 0) is 6.42 Å². The minimum absolute atomic E-state index is 0.580. The Labute approximate surface area is 127 Å². The second kappa shape index (κ2) is 6.88. The zero-order valence-electron chi connectivity index (χ0n) is 12.9. The molecule has 0 atom stereocenters. The van der Waals surface area contributed by atoms with Gasteiger partial charge in [0.1, 0.15) is 12.1 Å². The van der Waals surface area contributed by atoms with Gasteiger partial charge in [0.2, 0.25) is 0 Å². The summed E-state index contributed by atoms with van der Waals surface area (Å²) in [4.78, 5) is 8.91. The largest absolute Gasteiger partial charge is 0.367 e. The Morgan fingerprint density at radius 3 is 2.81 bits per heavy atom. The molecule has 1 aliphatic rings. The van der Waals surface area contributed by atoms with Crippen LogP contribution < -0.4 is 5.32 Å². The fourth-order valence-corrected chi connectivity index (χ4v) is 3.20. The monoisotopic (exact) mass is 283 g/mol. The van der Waals surface area contributed by atoms with Gasteiger partial charge in [0.05, 0.1) is 5.52 Å². The van der Waals surface area contributed by atoms with E-state index in [-0.39, 0.29) is 0 Å². The van der Waals surface area contributed by atoms with Gasteiger partial charge < -0.3 is 5.32 Å². The minimum atomic E-state index is 0.580. The molecular formula is C18H25N3. The van der Waals surface area contributed by atoms with Crippen molar-refractivity contribution in [2.75, 3.05) is 5.32 Å². The summed E-state index contributed by atoms with van der Waals surface area (Å²) in [5.74, 6) is 1.02. The molecule has 3 heteroatoms. The number of rotatable bonds is 5. The first-order valence-electron chi connectivity index (χ1n) is 8.37. The van der Waals surface area contributed by atoms with E-state index in [2.05, 4.69) is 40.4 Å². The van der Waals surface area contributed by atoms with Crippen molar-refractivity contribution in [1.82, 2.24) is 9.97 Å². The molecule has 0 unspecified atom stereocenters. The molecule has 0 amide bonds. The van der Waals surface area contributed by atoms with Crippen molar-refractivity contribution in [1.29, 1.82) is 0 Å². The summed E-state index contributed by atoms with van der Waals surface area (Å²) in [6, 6.07) is 7.19. The summed E-state index contributed by atoms with van der Waals surface area (Å²) in [7, 11) is 0. The topological polar surface area (TPSA) is 37.8 Å². The quantitative estimate of drug-likeness (QED) is 0.863. The maximum atomic E-state index is 4.50. The lowest BCUT2D eigenvalue weighted by atomic mass is 9.95. The number of hydrogen-bond donors (Lipinski definition) is 1. The first-order valence-corrected chi connectivity index (χ1v) is 8.37. The van der Waals surface area contributed by atoms with E-state index < -0.39 is 0 Å². The smallest absolute Gasteiger partial charge is 0.137 e. The molecule has 1 fully saturated rings. The van der Waals surface area contributed by atoms with E-state index in [4.69, 9.17) is 0 Å². The molecule has 1 aromatic heterocycles. The summed E-state index contributed by atoms with van der Waals surface area (Å²) in [5.41, 5.74) is 2.44. The van der Waals surface area contributed by atoms with Crippen LogP contribution in [-0.4, -0.2) is 16.0 Å². The van der Waals surface area contributed by atoms with Crippen LogP contribution in [0.3, 0.4) is 0 Å². The Morgan fingerprint density at radius 2 is 2.00 bits per heavy atom. The molecule has 1 aliphatic carbocycles. The third-order valence-electron chi connectivity index (χ3n) is 4.46. The zero-order valence-corrected chi connectivity index (χ0v) is 12.9. The number of anilines is 1. The van der Waals surface area contributed by atoms with E-state index in [1.165, 1.54) is 55.9 Å². The molecule has 3 rings (SSSR count). The number of unbranched alkanes of at least 4 members (excludes halogenated alkanes) is 1. The maximum absolute atomic E-state index is 4.50. The number of fused-ring (bicyclic) bond motifs is 1. The Bertz CT molecular complexity index is 588. The normalized spacial score (nSPS) is 16.2. The number of nitrogens with one attached hydrogen (secondary N) is 1. The fraction of sp³-hybridized carbons (Fsp3) is 0.556. The maximum Gasteiger partial charge on any atom is 0.137 e. The lowest BCUT2D eigenvalue weighted by Gasteiger charge is -2.23. The van der Waals surface area contributed by atoms with Gasteiger partial charge in [-0.25, -0.2) is 9.97 Å². The molecule has 21 heavy (non-hydrogen) atoms. The minimum Gasteiger partial charge on any atom is -0.367 e. The van der Waals surface area contributed by atoms with Crippen LogP contribution in [0.1, 0.15) is 57.4 Å². The molecular weight excluding hydrogens is 258 g/mol. The third kappa shape index (κ3) is 3.52. The number of nitrogens with zero attached hydrogens (tertiary/aromatic N) is 2. The molecule has 0 saturated heterocycles. The van der Waals surface area contributed by atoms with Gasteiger partial charge in [0, 0.05) is 11.4 Å². The van der Waals surface area contributed by atoms with Crippen LogP contribution in [0, 0.1) is 0 Å². The number of aryl methyl sites for hydroxylation is 1. The highest BCUT2D eigenvalue weighted by molar-refractivity contribution is 5.89. The van der Waals surface area contributed by atoms with Gasteiger partial charge in [-0.15, -0.1) is 0 Å². The van der Waals surface area contributed by atoms with E-state index in [0.717, 1.165) is 17.8 Å². The third-order valence-corrected chi connectivity index (χ3v) is 4.46. The van der Waals surface area contributed by atoms with Crippen molar-refractivity contribution >= 4 is 16.7 Å². The summed E-state index contributed by atoms with van der Waals surface area (Å²) in [5, 5.41) is 4.83. The standard InChI is InChI=1S/C18H25N3/c1-2-3-7-14-10-11-17-16(12-14)18(20-13-19-17)21-15-8-5-4-6-9-15/h10-13,15H,2-9H2,1H3,(H,19,20,21). The van der Waals surface area contributed by atoms with Crippen LogP contribution >= 0.6 is 0 Å². The van der Waals surface area contributed by atoms with Crippen LogP contribution in [0.2, 0.25) is 0 Å². The molecule has 1 heterocycles. The molecule has 1 saturated carbocycles. The predicted octanol–water partition coefficient (Wildman–Crippen LogP) is 4.72. The second-order valence-corrected chi connectivity index (χ2v) is 6.16. The number of benzene rings is 1. The first kappa shape index (κ1) is 14.3. The van der Waals surface area contributed by atoms with E-state index >= 15 is 0 Å². The molecule has 0 radical (unpaired) electrons.